The van der Waals surface area contributed by atoms with Gasteiger partial charge in [0.2, 0.25) is 0 Å². The summed E-state index contributed by atoms with van der Waals surface area (Å²) in [6.07, 6.45) is 2.71. The Morgan fingerprint density at radius 3 is 2.84 bits per heavy atom. The molecule has 100 valence electrons. The Labute approximate surface area is 118 Å². The molecule has 0 radical (unpaired) electrons. The van der Waals surface area contributed by atoms with E-state index in [1.54, 1.807) is 0 Å². The quantitative estimate of drug-likeness (QED) is 0.819. The number of aromatic nitrogens is 2. The third kappa shape index (κ3) is 3.32. The van der Waals surface area contributed by atoms with E-state index in [-0.39, 0.29) is 0 Å². The van der Waals surface area contributed by atoms with Gasteiger partial charge in [-0.1, -0.05) is 23.8 Å². The van der Waals surface area contributed by atoms with Crippen LogP contribution < -0.4 is 11.1 Å². The molecule has 1 heterocycles. The molecule has 4 nitrogen and oxygen atoms in total. The summed E-state index contributed by atoms with van der Waals surface area (Å²) in [6.45, 7) is 2.85. The number of nitrogens with two attached hydrogens (primary N) is 1. The molecule has 0 fully saturated rings. The first-order valence-corrected chi connectivity index (χ1v) is 6.60. The molecular weight excluding hydrogens is 256 g/mol. The molecule has 1 aromatic heterocycles. The van der Waals surface area contributed by atoms with Gasteiger partial charge < -0.3 is 11.1 Å². The fourth-order valence-corrected chi connectivity index (χ4v) is 2.16. The van der Waals surface area contributed by atoms with Crippen LogP contribution in [0.15, 0.2) is 30.5 Å². The first kappa shape index (κ1) is 13.5. The van der Waals surface area contributed by atoms with Crippen molar-refractivity contribution >= 4 is 22.9 Å². The predicted molar refractivity (Wildman–Crippen MR) is 82.5 cm³/mol. The van der Waals surface area contributed by atoms with Crippen LogP contribution in [-0.2, 0) is 13.5 Å². The lowest BCUT2D eigenvalue weighted by Crippen LogP contribution is -2.15. The van der Waals surface area contributed by atoms with Crippen LogP contribution in [-0.4, -0.2) is 21.3 Å². The second-order valence-corrected chi connectivity index (χ2v) is 4.98. The zero-order chi connectivity index (χ0) is 13.8. The summed E-state index contributed by atoms with van der Waals surface area (Å²) in [4.78, 5) is 0.423. The number of thiocarbonyl (C=S) groups is 1. The summed E-state index contributed by atoms with van der Waals surface area (Å²) >= 11 is 5.08. The lowest BCUT2D eigenvalue weighted by molar-refractivity contribution is 0.711. The van der Waals surface area contributed by atoms with Gasteiger partial charge in [-0.05, 0) is 25.1 Å². The molecule has 3 N–H and O–H groups in total. The average molecular weight is 274 g/mol. The molecule has 0 atom stereocenters. The highest BCUT2D eigenvalue weighted by Crippen LogP contribution is 2.17. The van der Waals surface area contributed by atoms with Crippen molar-refractivity contribution in [1.82, 2.24) is 9.78 Å². The van der Waals surface area contributed by atoms with Crippen LogP contribution in [0.25, 0.3) is 0 Å². The Bertz CT molecular complexity index is 589. The number of benzene rings is 1. The van der Waals surface area contributed by atoms with Crippen LogP contribution in [0.1, 0.15) is 16.8 Å². The van der Waals surface area contributed by atoms with E-state index in [2.05, 4.69) is 10.4 Å². The van der Waals surface area contributed by atoms with Gasteiger partial charge in [0.05, 0.1) is 0 Å². The summed E-state index contributed by atoms with van der Waals surface area (Å²) in [5.41, 5.74) is 9.98. The Hall–Kier alpha value is -1.88. The molecule has 0 spiro atoms. The van der Waals surface area contributed by atoms with Gasteiger partial charge in [-0.3, -0.25) is 4.68 Å². The summed E-state index contributed by atoms with van der Waals surface area (Å²) in [5, 5.41) is 7.53. The molecule has 1 aromatic carbocycles. The van der Waals surface area contributed by atoms with E-state index in [4.69, 9.17) is 18.0 Å². The smallest absolute Gasteiger partial charge is 0.106 e. The molecule has 0 aliphatic rings. The maximum absolute atomic E-state index is 5.75. The molecule has 19 heavy (non-hydrogen) atoms. The minimum Gasteiger partial charge on any atom is -0.389 e. The maximum atomic E-state index is 5.75. The lowest BCUT2D eigenvalue weighted by Gasteiger charge is -2.12. The molecule has 2 rings (SSSR count). The Morgan fingerprint density at radius 1 is 1.42 bits per heavy atom. The van der Waals surface area contributed by atoms with Crippen LogP contribution in [0, 0.1) is 6.92 Å². The van der Waals surface area contributed by atoms with Crippen LogP contribution in [0.5, 0.6) is 0 Å². The number of rotatable bonds is 5. The summed E-state index contributed by atoms with van der Waals surface area (Å²) in [7, 11) is 1.95. The van der Waals surface area contributed by atoms with Gasteiger partial charge in [0.15, 0.2) is 0 Å². The number of aryl methyl sites for hydroxylation is 2. The number of nitrogens with zero attached hydrogens (tertiary/aromatic N) is 2. The second kappa shape index (κ2) is 5.84. The van der Waals surface area contributed by atoms with Gasteiger partial charge in [-0.2, -0.15) is 5.10 Å². The Morgan fingerprint density at radius 2 is 2.21 bits per heavy atom. The van der Waals surface area contributed by atoms with E-state index in [1.165, 1.54) is 5.69 Å². The largest absolute Gasteiger partial charge is 0.389 e. The third-order valence-electron chi connectivity index (χ3n) is 3.06. The van der Waals surface area contributed by atoms with Crippen molar-refractivity contribution < 1.29 is 0 Å². The van der Waals surface area contributed by atoms with E-state index < -0.39 is 0 Å². The van der Waals surface area contributed by atoms with Gasteiger partial charge in [-0.15, -0.1) is 0 Å². The average Bonchev–Trinajstić information content (AvgIpc) is 2.77. The van der Waals surface area contributed by atoms with Crippen LogP contribution >= 0.6 is 12.2 Å². The minimum atomic E-state index is 0.423. The topological polar surface area (TPSA) is 55.9 Å². The van der Waals surface area contributed by atoms with Crippen LogP contribution in [0.3, 0.4) is 0 Å². The van der Waals surface area contributed by atoms with E-state index in [0.717, 1.165) is 29.8 Å². The van der Waals surface area contributed by atoms with Crippen molar-refractivity contribution in [2.75, 3.05) is 11.9 Å². The van der Waals surface area contributed by atoms with Crippen molar-refractivity contribution in [3.8, 4) is 0 Å². The number of hydrogen-bond donors (Lipinski definition) is 2. The highest BCUT2D eigenvalue weighted by atomic mass is 32.1. The van der Waals surface area contributed by atoms with Gasteiger partial charge in [0.25, 0.3) is 0 Å². The fourth-order valence-electron chi connectivity index (χ4n) is 1.99. The van der Waals surface area contributed by atoms with E-state index >= 15 is 0 Å². The van der Waals surface area contributed by atoms with Gasteiger partial charge in [-0.25, -0.2) is 0 Å². The zero-order valence-electron chi connectivity index (χ0n) is 11.2. The van der Waals surface area contributed by atoms with Crippen molar-refractivity contribution in [2.45, 2.75) is 13.3 Å². The molecule has 0 saturated carbocycles. The first-order chi connectivity index (χ1) is 9.08. The molecule has 0 aliphatic carbocycles. The zero-order valence-corrected chi connectivity index (χ0v) is 12.0. The van der Waals surface area contributed by atoms with E-state index in [1.807, 2.05) is 49.1 Å². The summed E-state index contributed by atoms with van der Waals surface area (Å²) in [5.74, 6) is 0. The second-order valence-electron chi connectivity index (χ2n) is 4.54. The van der Waals surface area contributed by atoms with Crippen LogP contribution in [0.4, 0.5) is 5.69 Å². The van der Waals surface area contributed by atoms with Crippen molar-refractivity contribution in [2.24, 2.45) is 12.8 Å². The Kier molecular flexibility index (Phi) is 4.16. The van der Waals surface area contributed by atoms with Crippen molar-refractivity contribution in [1.29, 1.82) is 0 Å². The third-order valence-corrected chi connectivity index (χ3v) is 3.28. The van der Waals surface area contributed by atoms with E-state index in [0.29, 0.717) is 4.99 Å². The molecule has 2 aromatic rings. The summed E-state index contributed by atoms with van der Waals surface area (Å²) in [6, 6.07) is 8.10. The fraction of sp³-hybridized carbons (Fsp3) is 0.286. The minimum absolute atomic E-state index is 0.423. The maximum Gasteiger partial charge on any atom is 0.106 e. The molecule has 5 heteroatoms. The highest BCUT2D eigenvalue weighted by Gasteiger charge is 2.05. The number of nitrogens with one attached hydrogen (secondary N) is 1. The number of hydrogen-bond acceptors (Lipinski definition) is 3. The number of anilines is 1. The highest BCUT2D eigenvalue weighted by molar-refractivity contribution is 7.80. The lowest BCUT2D eigenvalue weighted by atomic mass is 10.1. The standard InChI is InChI=1S/C14H18N4S/c1-10-3-4-13(12(9-10)14(15)19)16-7-5-11-6-8-17-18(11)2/h3-4,6,8-9,16H,5,7H2,1-2H3,(H2,15,19). The van der Waals surface area contributed by atoms with Crippen LogP contribution in [0.2, 0.25) is 0 Å². The molecule has 0 unspecified atom stereocenters. The van der Waals surface area contributed by atoms with E-state index in [9.17, 15) is 0 Å². The normalized spacial score (nSPS) is 10.4. The molecule has 0 bridgehead atoms. The predicted octanol–water partition coefficient (Wildman–Crippen LogP) is 2.02. The molecular formula is C14H18N4S. The SMILES string of the molecule is Cc1ccc(NCCc2ccnn2C)c(C(N)=S)c1. The monoisotopic (exact) mass is 274 g/mol. The van der Waals surface area contributed by atoms with Gasteiger partial charge in [0, 0.05) is 43.2 Å². The summed E-state index contributed by atoms with van der Waals surface area (Å²) < 4.78 is 1.88. The Balaban J connectivity index is 2.03. The van der Waals surface area contributed by atoms with Gasteiger partial charge in [0.1, 0.15) is 4.99 Å². The van der Waals surface area contributed by atoms with Crippen molar-refractivity contribution in [3.63, 3.8) is 0 Å². The first-order valence-electron chi connectivity index (χ1n) is 6.19. The molecule has 0 aliphatic heterocycles. The van der Waals surface area contributed by atoms with Crippen molar-refractivity contribution in [3.05, 3.63) is 47.3 Å². The van der Waals surface area contributed by atoms with Gasteiger partial charge >= 0.3 is 0 Å². The molecule has 0 saturated heterocycles. The molecule has 0 amide bonds.